The standard InChI is InChI=1S/C14H17N3O2S/c1-2-19-14(18)12-11(15)9-3-4-10(17-13(9)20-12)8-5-6-16-7-8/h3-4,8,16H,2,5-7,15H2,1H3/t8-/m1/s1. The van der Waals surface area contributed by atoms with Gasteiger partial charge in [-0.2, -0.15) is 0 Å². The second-order valence-electron chi connectivity index (χ2n) is 4.84. The molecule has 5 nitrogen and oxygen atoms in total. The summed E-state index contributed by atoms with van der Waals surface area (Å²) in [6.45, 7) is 4.12. The Hall–Kier alpha value is -1.66. The number of thiophene rings is 1. The Balaban J connectivity index is 2.00. The van der Waals surface area contributed by atoms with E-state index in [0.717, 1.165) is 35.4 Å². The largest absolute Gasteiger partial charge is 0.462 e. The summed E-state index contributed by atoms with van der Waals surface area (Å²) in [5.41, 5.74) is 7.58. The van der Waals surface area contributed by atoms with Crippen molar-refractivity contribution < 1.29 is 9.53 Å². The predicted octanol–water partition coefficient (Wildman–Crippen LogP) is 2.13. The van der Waals surface area contributed by atoms with Crippen molar-refractivity contribution in [1.29, 1.82) is 0 Å². The lowest BCUT2D eigenvalue weighted by molar-refractivity contribution is 0.0533. The third kappa shape index (κ3) is 2.25. The van der Waals surface area contributed by atoms with Gasteiger partial charge in [-0.25, -0.2) is 9.78 Å². The molecule has 0 saturated carbocycles. The van der Waals surface area contributed by atoms with Crippen molar-refractivity contribution in [3.63, 3.8) is 0 Å². The fourth-order valence-electron chi connectivity index (χ4n) is 2.49. The van der Waals surface area contributed by atoms with Gasteiger partial charge in [0.05, 0.1) is 12.3 Å². The summed E-state index contributed by atoms with van der Waals surface area (Å²) in [4.78, 5) is 17.8. The zero-order chi connectivity index (χ0) is 14.1. The molecule has 3 N–H and O–H groups in total. The Morgan fingerprint density at radius 3 is 3.15 bits per heavy atom. The highest BCUT2D eigenvalue weighted by Gasteiger charge is 2.21. The second-order valence-corrected chi connectivity index (χ2v) is 5.84. The number of esters is 1. The van der Waals surface area contributed by atoms with Crippen molar-refractivity contribution in [3.05, 3.63) is 22.7 Å². The maximum Gasteiger partial charge on any atom is 0.350 e. The zero-order valence-electron chi connectivity index (χ0n) is 11.3. The highest BCUT2D eigenvalue weighted by Crippen LogP contribution is 2.34. The van der Waals surface area contributed by atoms with Gasteiger partial charge in [-0.3, -0.25) is 0 Å². The Morgan fingerprint density at radius 2 is 2.45 bits per heavy atom. The Bertz CT molecular complexity index is 647. The fraction of sp³-hybridized carbons (Fsp3) is 0.429. The van der Waals surface area contributed by atoms with E-state index in [0.29, 0.717) is 23.1 Å². The number of rotatable bonds is 3. The molecule has 6 heteroatoms. The Kier molecular flexibility index (Phi) is 3.58. The molecule has 0 unspecified atom stereocenters. The van der Waals surface area contributed by atoms with E-state index in [2.05, 4.69) is 10.3 Å². The average Bonchev–Trinajstić information content (AvgIpc) is 3.07. The molecule has 1 atom stereocenters. The van der Waals surface area contributed by atoms with Crippen LogP contribution in [0.25, 0.3) is 10.2 Å². The van der Waals surface area contributed by atoms with Crippen LogP contribution >= 0.6 is 11.3 Å². The molecule has 1 aliphatic heterocycles. The van der Waals surface area contributed by atoms with Crippen molar-refractivity contribution in [2.45, 2.75) is 19.3 Å². The molecule has 1 saturated heterocycles. The van der Waals surface area contributed by atoms with Crippen molar-refractivity contribution in [2.75, 3.05) is 25.4 Å². The molecule has 1 fully saturated rings. The summed E-state index contributed by atoms with van der Waals surface area (Å²) >= 11 is 1.31. The minimum atomic E-state index is -0.364. The van der Waals surface area contributed by atoms with Gasteiger partial charge in [0.1, 0.15) is 9.71 Å². The van der Waals surface area contributed by atoms with Crippen LogP contribution in [0.1, 0.15) is 34.6 Å². The van der Waals surface area contributed by atoms with Crippen molar-refractivity contribution in [3.8, 4) is 0 Å². The lowest BCUT2D eigenvalue weighted by Crippen LogP contribution is -2.08. The average molecular weight is 291 g/mol. The summed E-state index contributed by atoms with van der Waals surface area (Å²) in [5, 5.41) is 4.18. The molecule has 3 rings (SSSR count). The van der Waals surface area contributed by atoms with Crippen LogP contribution in [0, 0.1) is 0 Å². The van der Waals surface area contributed by atoms with E-state index in [1.54, 1.807) is 6.92 Å². The maximum absolute atomic E-state index is 11.8. The van der Waals surface area contributed by atoms with E-state index < -0.39 is 0 Å². The van der Waals surface area contributed by atoms with E-state index in [4.69, 9.17) is 10.5 Å². The summed E-state index contributed by atoms with van der Waals surface area (Å²) in [6.07, 6.45) is 1.10. The van der Waals surface area contributed by atoms with Crippen LogP contribution in [0.15, 0.2) is 12.1 Å². The van der Waals surface area contributed by atoms with E-state index in [-0.39, 0.29) is 5.97 Å². The number of ether oxygens (including phenoxy) is 1. The smallest absolute Gasteiger partial charge is 0.350 e. The molecule has 2 aromatic heterocycles. The number of nitrogens with zero attached hydrogens (tertiary/aromatic N) is 1. The minimum Gasteiger partial charge on any atom is -0.462 e. The zero-order valence-corrected chi connectivity index (χ0v) is 12.1. The van der Waals surface area contributed by atoms with Gasteiger partial charge in [-0.05, 0) is 32.0 Å². The molecule has 0 bridgehead atoms. The molecular weight excluding hydrogens is 274 g/mol. The van der Waals surface area contributed by atoms with Crippen LogP contribution < -0.4 is 11.1 Å². The normalized spacial score (nSPS) is 18.6. The van der Waals surface area contributed by atoms with E-state index in [9.17, 15) is 4.79 Å². The molecule has 0 aromatic carbocycles. The molecule has 0 spiro atoms. The summed E-state index contributed by atoms with van der Waals surface area (Å²) in [6, 6.07) is 3.97. The number of anilines is 1. The maximum atomic E-state index is 11.8. The molecule has 0 radical (unpaired) electrons. The molecule has 0 aliphatic carbocycles. The molecule has 1 aliphatic rings. The topological polar surface area (TPSA) is 77.2 Å². The first-order chi connectivity index (χ1) is 9.70. The Labute approximate surface area is 121 Å². The van der Waals surface area contributed by atoms with Gasteiger partial charge in [-0.1, -0.05) is 0 Å². The first-order valence-electron chi connectivity index (χ1n) is 6.77. The number of fused-ring (bicyclic) bond motifs is 1. The van der Waals surface area contributed by atoms with Crippen LogP contribution in [0.5, 0.6) is 0 Å². The molecule has 20 heavy (non-hydrogen) atoms. The fourth-order valence-corrected chi connectivity index (χ4v) is 3.49. The SMILES string of the molecule is CCOC(=O)c1sc2nc([C@@H]3CCNC3)ccc2c1N. The Morgan fingerprint density at radius 1 is 1.60 bits per heavy atom. The van der Waals surface area contributed by atoms with Crippen LogP contribution in [-0.2, 0) is 4.74 Å². The monoisotopic (exact) mass is 291 g/mol. The number of hydrogen-bond donors (Lipinski definition) is 2. The predicted molar refractivity (Wildman–Crippen MR) is 80.2 cm³/mol. The first-order valence-corrected chi connectivity index (χ1v) is 7.59. The highest BCUT2D eigenvalue weighted by atomic mass is 32.1. The van der Waals surface area contributed by atoms with E-state index >= 15 is 0 Å². The number of aromatic nitrogens is 1. The van der Waals surface area contributed by atoms with Crippen LogP contribution in [-0.4, -0.2) is 30.6 Å². The van der Waals surface area contributed by atoms with Crippen molar-refractivity contribution >= 4 is 33.2 Å². The minimum absolute atomic E-state index is 0.346. The van der Waals surface area contributed by atoms with Gasteiger partial charge in [0.25, 0.3) is 0 Å². The number of nitrogens with one attached hydrogen (secondary N) is 1. The highest BCUT2D eigenvalue weighted by molar-refractivity contribution is 7.21. The number of nitrogen functional groups attached to an aromatic ring is 1. The lowest BCUT2D eigenvalue weighted by atomic mass is 10.0. The summed E-state index contributed by atoms with van der Waals surface area (Å²) in [5.74, 6) is 0.0888. The van der Waals surface area contributed by atoms with Gasteiger partial charge in [0.2, 0.25) is 0 Å². The number of carbonyl (C=O) groups excluding carboxylic acids is 1. The first kappa shape index (κ1) is 13.3. The van der Waals surface area contributed by atoms with E-state index in [1.165, 1.54) is 11.3 Å². The van der Waals surface area contributed by atoms with Gasteiger partial charge in [-0.15, -0.1) is 11.3 Å². The molecule has 106 valence electrons. The van der Waals surface area contributed by atoms with Crippen molar-refractivity contribution in [2.24, 2.45) is 0 Å². The number of nitrogens with two attached hydrogens (primary N) is 1. The van der Waals surface area contributed by atoms with Crippen LogP contribution in [0.2, 0.25) is 0 Å². The lowest BCUT2D eigenvalue weighted by Gasteiger charge is -2.06. The molecular formula is C14H17N3O2S. The third-order valence-corrected chi connectivity index (χ3v) is 4.65. The van der Waals surface area contributed by atoms with Crippen molar-refractivity contribution in [1.82, 2.24) is 10.3 Å². The van der Waals surface area contributed by atoms with Crippen LogP contribution in [0.4, 0.5) is 5.69 Å². The number of pyridine rings is 1. The quantitative estimate of drug-likeness (QED) is 0.847. The summed E-state index contributed by atoms with van der Waals surface area (Å²) < 4.78 is 5.02. The van der Waals surface area contributed by atoms with Gasteiger partial charge in [0, 0.05) is 23.5 Å². The van der Waals surface area contributed by atoms with E-state index in [1.807, 2.05) is 12.1 Å². The molecule has 2 aromatic rings. The van der Waals surface area contributed by atoms with Gasteiger partial charge >= 0.3 is 5.97 Å². The molecule has 0 amide bonds. The van der Waals surface area contributed by atoms with Crippen LogP contribution in [0.3, 0.4) is 0 Å². The van der Waals surface area contributed by atoms with Gasteiger partial charge in [0.15, 0.2) is 0 Å². The second kappa shape index (κ2) is 5.38. The van der Waals surface area contributed by atoms with Gasteiger partial charge < -0.3 is 15.8 Å². The summed E-state index contributed by atoms with van der Waals surface area (Å²) in [7, 11) is 0. The number of carbonyl (C=O) groups is 1. The number of hydrogen-bond acceptors (Lipinski definition) is 6. The third-order valence-electron chi connectivity index (χ3n) is 3.55. The molecule has 3 heterocycles.